The van der Waals surface area contributed by atoms with Crippen molar-refractivity contribution in [1.82, 2.24) is 14.6 Å². The van der Waals surface area contributed by atoms with Gasteiger partial charge in [0.25, 0.3) is 11.4 Å². The molecule has 2 heterocycles. The van der Waals surface area contributed by atoms with E-state index in [-0.39, 0.29) is 25.1 Å². The lowest BCUT2D eigenvalue weighted by atomic mass is 9.84. The van der Waals surface area contributed by atoms with Gasteiger partial charge >= 0.3 is 31.5 Å². The largest absolute Gasteiger partial charge is 0.509 e. The molecule has 6 atom stereocenters. The zero-order valence-corrected chi connectivity index (χ0v) is 33.3. The number of para-hydroxylation sites is 1. The maximum absolute atomic E-state index is 18.0. The quantitative estimate of drug-likeness (QED) is 0.0728. The second-order valence-corrected chi connectivity index (χ2v) is 16.0. The van der Waals surface area contributed by atoms with Gasteiger partial charge in [0.15, 0.2) is 17.7 Å². The van der Waals surface area contributed by atoms with E-state index in [4.69, 9.17) is 32.7 Å². The summed E-state index contributed by atoms with van der Waals surface area (Å²) in [6.45, 7) is 0.409. The molecule has 2 fully saturated rings. The van der Waals surface area contributed by atoms with E-state index >= 15 is 4.39 Å². The first-order chi connectivity index (χ1) is 28.3. The van der Waals surface area contributed by atoms with Crippen LogP contribution in [-0.2, 0) is 55.6 Å². The first-order valence-corrected chi connectivity index (χ1v) is 20.6. The predicted octanol–water partition coefficient (Wildman–Crippen LogP) is 6.26. The van der Waals surface area contributed by atoms with Crippen molar-refractivity contribution < 1.29 is 56.1 Å². The molecule has 16 nitrogen and oxygen atoms in total. The lowest BCUT2D eigenvalue weighted by Gasteiger charge is -2.34. The standard InChI is InChI=1S/C41H45FN3O13P/c1-28(35(47)55-31-19-11-5-12-20-31)44-59(51,58-32-21-13-6-14-22-32)54-27-41(42)34(36(48)52-25-29-15-7-3-8-16-29)40(2,37(56-41)45-24-23-33(46)43-38(45)49)57-39(50)53-26-30-17-9-4-10-18-30/h3-4,6-10,13-18,21-24,28,31,34,37H,5,11-12,19-20,25-27H2,1-2H3,(H,44,51)(H,43,46,49)/t28-,34-,37+,40+,41+,59?/m0/s1. The summed E-state index contributed by atoms with van der Waals surface area (Å²) in [5, 5.41) is 2.50. The summed E-state index contributed by atoms with van der Waals surface area (Å²) in [6.07, 6.45) is 1.31. The number of ether oxygens (including phenoxy) is 5. The van der Waals surface area contributed by atoms with E-state index in [0.29, 0.717) is 28.5 Å². The second-order valence-electron chi connectivity index (χ2n) is 14.3. The highest BCUT2D eigenvalue weighted by Crippen LogP contribution is 2.55. The second kappa shape index (κ2) is 19.0. The Kier molecular flexibility index (Phi) is 13.8. The molecule has 0 bridgehead atoms. The summed E-state index contributed by atoms with van der Waals surface area (Å²) in [6, 6.07) is 24.2. The molecule has 59 heavy (non-hydrogen) atoms. The van der Waals surface area contributed by atoms with Gasteiger partial charge in [0, 0.05) is 12.3 Å². The van der Waals surface area contributed by atoms with Crippen molar-refractivity contribution in [2.45, 2.75) is 89.0 Å². The van der Waals surface area contributed by atoms with E-state index in [2.05, 4.69) is 5.09 Å². The molecule has 2 N–H and O–H groups in total. The zero-order valence-electron chi connectivity index (χ0n) is 32.4. The van der Waals surface area contributed by atoms with E-state index in [0.717, 1.165) is 38.4 Å². The highest BCUT2D eigenvalue weighted by molar-refractivity contribution is 7.52. The number of halogens is 1. The van der Waals surface area contributed by atoms with Gasteiger partial charge in [-0.15, -0.1) is 0 Å². The van der Waals surface area contributed by atoms with Crippen molar-refractivity contribution in [3.63, 3.8) is 0 Å². The number of nitrogens with zero attached hydrogens (tertiary/aromatic N) is 1. The van der Waals surface area contributed by atoms with Crippen LogP contribution >= 0.6 is 7.75 Å². The number of hydrogen-bond acceptors (Lipinski definition) is 13. The molecule has 3 aromatic carbocycles. The molecule has 314 valence electrons. The summed E-state index contributed by atoms with van der Waals surface area (Å²) in [5.74, 6) is -7.83. The van der Waals surface area contributed by atoms with Gasteiger partial charge in [0.1, 0.15) is 37.7 Å². The van der Waals surface area contributed by atoms with E-state index in [1.165, 1.54) is 19.1 Å². The summed E-state index contributed by atoms with van der Waals surface area (Å²) in [5.41, 5.74) is -3.36. The molecule has 1 aliphatic heterocycles. The highest BCUT2D eigenvalue weighted by Gasteiger charge is 2.70. The number of hydrogen-bond donors (Lipinski definition) is 2. The number of H-pyrrole nitrogens is 1. The molecule has 1 saturated heterocycles. The van der Waals surface area contributed by atoms with E-state index in [9.17, 15) is 28.5 Å². The van der Waals surface area contributed by atoms with Gasteiger partial charge in [-0.3, -0.25) is 28.5 Å². The Bertz CT molecular complexity index is 2220. The lowest BCUT2D eigenvalue weighted by Crippen LogP contribution is -2.52. The van der Waals surface area contributed by atoms with E-state index < -0.39 is 73.3 Å². The average Bonchev–Trinajstić information content (AvgIpc) is 3.45. The number of aromatic nitrogens is 2. The number of esters is 2. The summed E-state index contributed by atoms with van der Waals surface area (Å²) >= 11 is 0. The number of rotatable bonds is 16. The van der Waals surface area contributed by atoms with Gasteiger partial charge in [-0.25, -0.2) is 18.5 Å². The van der Waals surface area contributed by atoms with Crippen LogP contribution < -0.4 is 20.9 Å². The number of alkyl halides is 1. The fourth-order valence-electron chi connectivity index (χ4n) is 6.88. The lowest BCUT2D eigenvalue weighted by molar-refractivity contribution is -0.201. The van der Waals surface area contributed by atoms with Gasteiger partial charge in [-0.1, -0.05) is 85.3 Å². The van der Waals surface area contributed by atoms with Crippen molar-refractivity contribution >= 4 is 25.8 Å². The Morgan fingerprint density at radius 1 is 0.898 bits per heavy atom. The topological polar surface area (TPSA) is 200 Å². The van der Waals surface area contributed by atoms with Crippen LogP contribution in [0.3, 0.4) is 0 Å². The van der Waals surface area contributed by atoms with Crippen molar-refractivity contribution in [3.8, 4) is 5.75 Å². The maximum atomic E-state index is 18.0. The molecule has 0 spiro atoms. The van der Waals surface area contributed by atoms with E-state index in [1.54, 1.807) is 78.9 Å². The van der Waals surface area contributed by atoms with Crippen LogP contribution in [0.1, 0.15) is 63.3 Å². The van der Waals surface area contributed by atoms with Crippen LogP contribution in [0.5, 0.6) is 5.75 Å². The first-order valence-electron chi connectivity index (χ1n) is 19.0. The molecular formula is C41H45FN3O13P. The highest BCUT2D eigenvalue weighted by atomic mass is 31.2. The Balaban J connectivity index is 1.35. The van der Waals surface area contributed by atoms with Crippen LogP contribution in [0, 0.1) is 5.92 Å². The van der Waals surface area contributed by atoms with Crippen molar-refractivity contribution in [2.75, 3.05) is 6.61 Å². The van der Waals surface area contributed by atoms with Crippen LogP contribution in [0.15, 0.2) is 113 Å². The van der Waals surface area contributed by atoms with Gasteiger partial charge < -0.3 is 28.2 Å². The van der Waals surface area contributed by atoms with Crippen LogP contribution in [-0.4, -0.2) is 57.9 Å². The fourth-order valence-corrected chi connectivity index (χ4v) is 8.39. The minimum absolute atomic E-state index is 0.00209. The Morgan fingerprint density at radius 3 is 2.10 bits per heavy atom. The smallest absolute Gasteiger partial charge is 0.461 e. The maximum Gasteiger partial charge on any atom is 0.509 e. The molecule has 0 amide bonds. The number of benzene rings is 3. The average molecular weight is 838 g/mol. The summed E-state index contributed by atoms with van der Waals surface area (Å²) < 4.78 is 72.8. The Hall–Kier alpha value is -5.61. The minimum atomic E-state index is -4.81. The third kappa shape index (κ3) is 10.9. The molecule has 2 aliphatic rings. The SMILES string of the molecule is C[C@H](NP(=O)(OC[C@@]1(F)O[C@@H](n2ccc(=O)[nH]c2=O)[C@](C)(OC(=O)OCc2ccccc2)[C@@H]1C(=O)OCc1ccccc1)Oc1ccccc1)C(=O)OC1CCCCC1. The monoisotopic (exact) mass is 837 g/mol. The molecule has 6 rings (SSSR count). The summed E-state index contributed by atoms with van der Waals surface area (Å²) in [4.78, 5) is 68.2. The normalized spacial score (nSPS) is 23.3. The first kappa shape index (κ1) is 43.0. The molecule has 1 aliphatic carbocycles. The van der Waals surface area contributed by atoms with E-state index in [1.807, 2.05) is 4.98 Å². The molecule has 4 aromatic rings. The Morgan fingerprint density at radius 2 is 1.49 bits per heavy atom. The van der Waals surface area contributed by atoms with Crippen LogP contribution in [0.4, 0.5) is 9.18 Å². The van der Waals surface area contributed by atoms with Crippen LogP contribution in [0.2, 0.25) is 0 Å². The molecule has 0 radical (unpaired) electrons. The van der Waals surface area contributed by atoms with Gasteiger partial charge in [-0.2, -0.15) is 5.09 Å². The number of carbonyl (C=O) groups excluding carboxylic acids is 3. The van der Waals surface area contributed by atoms with Crippen molar-refractivity contribution in [3.05, 3.63) is 135 Å². The fraction of sp³-hybridized carbons (Fsp3) is 0.390. The molecule has 1 aromatic heterocycles. The molecule has 1 saturated carbocycles. The third-order valence-electron chi connectivity index (χ3n) is 9.81. The van der Waals surface area contributed by atoms with Gasteiger partial charge in [0.05, 0.1) is 0 Å². The molecule has 18 heteroatoms. The van der Waals surface area contributed by atoms with Gasteiger partial charge in [-0.05, 0) is 62.8 Å². The number of aromatic amines is 1. The third-order valence-corrected chi connectivity index (χ3v) is 11.4. The number of carbonyl (C=O) groups is 3. The Labute approximate surface area is 338 Å². The van der Waals surface area contributed by atoms with Crippen molar-refractivity contribution in [2.24, 2.45) is 5.92 Å². The molecule has 1 unspecified atom stereocenters. The predicted molar refractivity (Wildman–Crippen MR) is 207 cm³/mol. The zero-order chi connectivity index (χ0) is 42.0. The van der Waals surface area contributed by atoms with Crippen LogP contribution in [0.25, 0.3) is 0 Å². The minimum Gasteiger partial charge on any atom is -0.461 e. The molecular weight excluding hydrogens is 792 g/mol. The summed E-state index contributed by atoms with van der Waals surface area (Å²) in [7, 11) is -4.81. The van der Waals surface area contributed by atoms with Crippen molar-refractivity contribution in [1.29, 1.82) is 0 Å². The van der Waals surface area contributed by atoms with Gasteiger partial charge in [0.2, 0.25) is 0 Å². The number of nitrogens with one attached hydrogen (secondary N) is 2.